The summed E-state index contributed by atoms with van der Waals surface area (Å²) in [7, 11) is 0. The zero-order chi connectivity index (χ0) is 11.8. The van der Waals surface area contributed by atoms with Crippen molar-refractivity contribution < 1.29 is 15.0 Å². The van der Waals surface area contributed by atoms with E-state index in [2.05, 4.69) is 4.99 Å². The van der Waals surface area contributed by atoms with E-state index in [0.717, 1.165) is 0 Å². The first-order valence-corrected chi connectivity index (χ1v) is 5.19. The highest BCUT2D eigenvalue weighted by molar-refractivity contribution is 5.71. The molecule has 4 nitrogen and oxygen atoms in total. The van der Waals surface area contributed by atoms with Crippen LogP contribution >= 0.6 is 0 Å². The third kappa shape index (κ3) is 1.66. The molecular weight excluding hydrogens is 206 g/mol. The summed E-state index contributed by atoms with van der Waals surface area (Å²) in [6.45, 7) is 1.89. The van der Waals surface area contributed by atoms with Crippen molar-refractivity contribution in [3.05, 3.63) is 28.8 Å². The van der Waals surface area contributed by atoms with Crippen molar-refractivity contribution in [2.24, 2.45) is 4.99 Å². The van der Waals surface area contributed by atoms with Crippen LogP contribution in [0.15, 0.2) is 23.2 Å². The minimum atomic E-state index is -0.880. The van der Waals surface area contributed by atoms with Gasteiger partial charge in [-0.15, -0.1) is 0 Å². The van der Waals surface area contributed by atoms with E-state index in [-0.39, 0.29) is 12.2 Å². The van der Waals surface area contributed by atoms with E-state index in [4.69, 9.17) is 5.11 Å². The topological polar surface area (TPSA) is 69.9 Å². The Hall–Kier alpha value is -1.84. The molecule has 1 aromatic carbocycles. The molecule has 16 heavy (non-hydrogen) atoms. The molecule has 1 unspecified atom stereocenters. The third-order valence-electron chi connectivity index (χ3n) is 2.89. The summed E-state index contributed by atoms with van der Waals surface area (Å²) >= 11 is 0. The van der Waals surface area contributed by atoms with Crippen LogP contribution in [0.5, 0.6) is 5.75 Å². The minimum Gasteiger partial charge on any atom is -0.507 e. The monoisotopic (exact) mass is 219 g/mol. The Labute approximate surface area is 92.6 Å². The molecule has 1 heterocycles. The number of aromatic hydroxyl groups is 1. The van der Waals surface area contributed by atoms with Crippen molar-refractivity contribution in [2.45, 2.75) is 25.3 Å². The Morgan fingerprint density at radius 3 is 2.81 bits per heavy atom. The number of rotatable bonds is 3. The van der Waals surface area contributed by atoms with Crippen LogP contribution in [0.2, 0.25) is 0 Å². The van der Waals surface area contributed by atoms with Gasteiger partial charge in [-0.1, -0.05) is 13.0 Å². The Morgan fingerprint density at radius 2 is 2.25 bits per heavy atom. The number of carbonyl (C=O) groups is 1. The summed E-state index contributed by atoms with van der Waals surface area (Å²) in [6.07, 6.45) is 2.32. The first-order valence-electron chi connectivity index (χ1n) is 5.19. The molecule has 0 amide bonds. The average Bonchev–Trinajstić information content (AvgIpc) is 2.58. The molecule has 2 rings (SSSR count). The van der Waals surface area contributed by atoms with Crippen molar-refractivity contribution in [3.63, 3.8) is 0 Å². The Morgan fingerprint density at radius 1 is 1.50 bits per heavy atom. The van der Waals surface area contributed by atoms with Crippen LogP contribution in [0.3, 0.4) is 0 Å². The van der Waals surface area contributed by atoms with Gasteiger partial charge in [-0.2, -0.15) is 0 Å². The van der Waals surface area contributed by atoms with Crippen LogP contribution in [0, 0.1) is 0 Å². The summed E-state index contributed by atoms with van der Waals surface area (Å²) in [5.74, 6) is -0.726. The van der Waals surface area contributed by atoms with Crippen molar-refractivity contribution in [2.75, 3.05) is 0 Å². The van der Waals surface area contributed by atoms with Crippen LogP contribution in [0.4, 0.5) is 0 Å². The van der Waals surface area contributed by atoms with E-state index < -0.39 is 11.5 Å². The van der Waals surface area contributed by atoms with E-state index in [0.29, 0.717) is 17.0 Å². The summed E-state index contributed by atoms with van der Waals surface area (Å²) in [4.78, 5) is 15.2. The molecule has 4 heteroatoms. The van der Waals surface area contributed by atoms with Gasteiger partial charge in [0.15, 0.2) is 0 Å². The molecule has 1 aliphatic heterocycles. The van der Waals surface area contributed by atoms with Crippen LogP contribution in [-0.2, 0) is 4.79 Å². The van der Waals surface area contributed by atoms with Gasteiger partial charge < -0.3 is 10.2 Å². The molecule has 0 aliphatic carbocycles. The minimum absolute atomic E-state index is 0.0440. The molecule has 0 radical (unpaired) electrons. The number of nitrogens with zero attached hydrogens (tertiary/aromatic N) is 1. The molecule has 2 N–H and O–H groups in total. The number of benzene rings is 1. The van der Waals surface area contributed by atoms with Gasteiger partial charge in [0.05, 0.1) is 17.3 Å². The molecule has 0 fully saturated rings. The molecule has 0 aromatic heterocycles. The van der Waals surface area contributed by atoms with Crippen molar-refractivity contribution in [3.8, 4) is 5.75 Å². The number of carboxylic acid groups (broad SMARTS) is 1. The second-order valence-corrected chi connectivity index (χ2v) is 3.99. The van der Waals surface area contributed by atoms with Crippen LogP contribution < -0.4 is 10.6 Å². The highest BCUT2D eigenvalue weighted by atomic mass is 16.4. The van der Waals surface area contributed by atoms with E-state index in [1.54, 1.807) is 24.3 Å². The second kappa shape index (κ2) is 3.63. The lowest BCUT2D eigenvalue weighted by atomic mass is 9.93. The Bertz CT molecular complexity index is 550. The fourth-order valence-electron chi connectivity index (χ4n) is 1.99. The maximum absolute atomic E-state index is 10.8. The fraction of sp³-hybridized carbons (Fsp3) is 0.333. The standard InChI is InChI=1S/C12H13NO3/c1-2-12(7-11(15)16)6-8-9(13-12)4-3-5-10(8)14/h3-6,14H,2,7H2,1H3,(H,15,16). The van der Waals surface area contributed by atoms with E-state index in [1.807, 2.05) is 6.92 Å². The normalized spacial score (nSPS) is 22.1. The molecule has 0 saturated carbocycles. The number of hydrogen-bond acceptors (Lipinski definition) is 3. The lowest BCUT2D eigenvalue weighted by Crippen LogP contribution is -2.25. The van der Waals surface area contributed by atoms with Crippen molar-refractivity contribution in [1.29, 1.82) is 0 Å². The molecule has 0 saturated heterocycles. The highest BCUT2D eigenvalue weighted by Gasteiger charge is 2.30. The highest BCUT2D eigenvalue weighted by Crippen LogP contribution is 2.24. The molecule has 1 aliphatic rings. The van der Waals surface area contributed by atoms with Gasteiger partial charge in [-0.05, 0) is 24.6 Å². The third-order valence-corrected chi connectivity index (χ3v) is 2.89. The van der Waals surface area contributed by atoms with E-state index in [1.165, 1.54) is 0 Å². The zero-order valence-electron chi connectivity index (χ0n) is 8.97. The van der Waals surface area contributed by atoms with Gasteiger partial charge in [0.1, 0.15) is 5.75 Å². The molecule has 0 bridgehead atoms. The Kier molecular flexibility index (Phi) is 2.42. The summed E-state index contributed by atoms with van der Waals surface area (Å²) in [6, 6.07) is 5.07. The Balaban J connectivity index is 2.57. The first kappa shape index (κ1) is 10.7. The van der Waals surface area contributed by atoms with Gasteiger partial charge in [-0.25, -0.2) is 0 Å². The van der Waals surface area contributed by atoms with E-state index >= 15 is 0 Å². The van der Waals surface area contributed by atoms with Gasteiger partial charge in [0, 0.05) is 5.22 Å². The van der Waals surface area contributed by atoms with Crippen LogP contribution in [-0.4, -0.2) is 21.7 Å². The average molecular weight is 219 g/mol. The summed E-state index contributed by atoms with van der Waals surface area (Å²) in [5, 5.41) is 19.8. The van der Waals surface area contributed by atoms with E-state index in [9.17, 15) is 9.90 Å². The van der Waals surface area contributed by atoms with Gasteiger partial charge in [0.25, 0.3) is 0 Å². The van der Waals surface area contributed by atoms with Crippen LogP contribution in [0.25, 0.3) is 6.08 Å². The number of hydrogen-bond donors (Lipinski definition) is 2. The number of aliphatic carboxylic acids is 1. The lowest BCUT2D eigenvalue weighted by molar-refractivity contribution is -0.137. The molecule has 84 valence electrons. The zero-order valence-corrected chi connectivity index (χ0v) is 8.97. The maximum atomic E-state index is 10.8. The number of phenolic OH excluding ortho intramolecular Hbond substituents is 1. The van der Waals surface area contributed by atoms with Gasteiger partial charge in [-0.3, -0.25) is 9.79 Å². The number of carboxylic acids is 1. The summed E-state index contributed by atoms with van der Waals surface area (Å²) < 4.78 is 0. The predicted octanol–water partition coefficient (Wildman–Crippen LogP) is 0.429. The predicted molar refractivity (Wildman–Crippen MR) is 58.6 cm³/mol. The first-order chi connectivity index (χ1) is 7.56. The number of fused-ring (bicyclic) bond motifs is 1. The molecule has 0 spiro atoms. The molecular formula is C12H13NO3. The molecule has 1 aromatic rings. The van der Waals surface area contributed by atoms with Crippen molar-refractivity contribution >= 4 is 12.0 Å². The fourth-order valence-corrected chi connectivity index (χ4v) is 1.99. The molecule has 1 atom stereocenters. The number of phenols is 1. The van der Waals surface area contributed by atoms with Gasteiger partial charge >= 0.3 is 5.97 Å². The largest absolute Gasteiger partial charge is 0.507 e. The van der Waals surface area contributed by atoms with Crippen LogP contribution in [0.1, 0.15) is 19.8 Å². The van der Waals surface area contributed by atoms with Gasteiger partial charge in [0.2, 0.25) is 0 Å². The summed E-state index contributed by atoms with van der Waals surface area (Å²) in [5.41, 5.74) is -0.701. The van der Waals surface area contributed by atoms with Crippen molar-refractivity contribution in [1.82, 2.24) is 0 Å². The lowest BCUT2D eigenvalue weighted by Gasteiger charge is -2.19. The SMILES string of the molecule is CCC1(CC(=O)O)C=c2c(O)cccc2=N1. The second-order valence-electron chi connectivity index (χ2n) is 3.99. The quantitative estimate of drug-likeness (QED) is 0.774. The maximum Gasteiger partial charge on any atom is 0.306 e. The smallest absolute Gasteiger partial charge is 0.306 e.